The maximum absolute atomic E-state index is 11.2. The lowest BCUT2D eigenvalue weighted by Gasteiger charge is -2.33. The Morgan fingerprint density at radius 2 is 2.37 bits per heavy atom. The summed E-state index contributed by atoms with van der Waals surface area (Å²) >= 11 is 0. The summed E-state index contributed by atoms with van der Waals surface area (Å²) in [4.78, 5) is 13.1. The van der Waals surface area contributed by atoms with Crippen molar-refractivity contribution in [2.75, 3.05) is 26.7 Å². The quantitative estimate of drug-likeness (QED) is 0.725. The smallest absolute Gasteiger partial charge is 0.322 e. The Morgan fingerprint density at radius 3 is 3.05 bits per heavy atom. The number of carboxylic acids is 1. The third-order valence-corrected chi connectivity index (χ3v) is 3.27. The van der Waals surface area contributed by atoms with Crippen molar-refractivity contribution in [3.63, 3.8) is 0 Å². The molecule has 0 aromatic heterocycles. The number of ether oxygens (including phenoxy) is 1. The van der Waals surface area contributed by atoms with E-state index in [2.05, 4.69) is 5.32 Å². The molecule has 1 aliphatic heterocycles. The number of carboxylic acid groups (broad SMARTS) is 1. The van der Waals surface area contributed by atoms with E-state index in [1.165, 1.54) is 7.11 Å². The number of nitrogens with one attached hydrogen (secondary N) is 1. The second-order valence-electron chi connectivity index (χ2n) is 4.53. The molecule has 0 spiro atoms. The first-order valence-electron chi connectivity index (χ1n) is 6.15. The van der Waals surface area contributed by atoms with E-state index in [4.69, 9.17) is 4.74 Å². The summed E-state index contributed by atoms with van der Waals surface area (Å²) in [6, 6.07) is 4.55. The minimum atomic E-state index is -0.821. The molecule has 6 nitrogen and oxygen atoms in total. The number of aromatic hydroxyl groups is 1. The average molecular weight is 266 g/mol. The molecule has 1 atom stereocenters. The molecule has 3 N–H and O–H groups in total. The van der Waals surface area contributed by atoms with E-state index in [1.54, 1.807) is 18.2 Å². The van der Waals surface area contributed by atoms with Gasteiger partial charge in [-0.05, 0) is 17.7 Å². The number of benzene rings is 1. The number of methoxy groups -OCH3 is 1. The van der Waals surface area contributed by atoms with Gasteiger partial charge in [-0.1, -0.05) is 6.07 Å². The fourth-order valence-corrected chi connectivity index (χ4v) is 2.23. The highest BCUT2D eigenvalue weighted by Gasteiger charge is 2.28. The van der Waals surface area contributed by atoms with E-state index in [9.17, 15) is 15.0 Å². The van der Waals surface area contributed by atoms with Crippen LogP contribution < -0.4 is 10.1 Å². The number of nitrogens with zero attached hydrogens (tertiary/aromatic N) is 1. The van der Waals surface area contributed by atoms with Gasteiger partial charge in [0.1, 0.15) is 6.04 Å². The van der Waals surface area contributed by atoms with Crippen LogP contribution in [0.15, 0.2) is 18.2 Å². The molecule has 6 heteroatoms. The number of hydrogen-bond donors (Lipinski definition) is 3. The number of piperazine rings is 1. The van der Waals surface area contributed by atoms with Gasteiger partial charge in [0.15, 0.2) is 11.5 Å². The minimum absolute atomic E-state index is 0.0846. The molecule has 1 saturated heterocycles. The molecule has 104 valence electrons. The van der Waals surface area contributed by atoms with Crippen LogP contribution in [0.3, 0.4) is 0 Å². The summed E-state index contributed by atoms with van der Waals surface area (Å²) in [5.41, 5.74) is 0.919. The second kappa shape index (κ2) is 5.90. The fourth-order valence-electron chi connectivity index (χ4n) is 2.23. The van der Waals surface area contributed by atoms with Crippen LogP contribution in [0.2, 0.25) is 0 Å². The number of aliphatic carboxylic acids is 1. The van der Waals surface area contributed by atoms with Crippen LogP contribution in [0.25, 0.3) is 0 Å². The molecule has 1 unspecified atom stereocenters. The molecule has 1 aromatic carbocycles. The summed E-state index contributed by atoms with van der Waals surface area (Å²) in [6.07, 6.45) is 0. The number of hydrogen-bond acceptors (Lipinski definition) is 5. The zero-order valence-electron chi connectivity index (χ0n) is 10.8. The van der Waals surface area contributed by atoms with Crippen LogP contribution in [0, 0.1) is 0 Å². The van der Waals surface area contributed by atoms with Crippen LogP contribution in [0.5, 0.6) is 11.5 Å². The maximum Gasteiger partial charge on any atom is 0.322 e. The van der Waals surface area contributed by atoms with Crippen LogP contribution in [0.1, 0.15) is 5.56 Å². The third kappa shape index (κ3) is 3.15. The highest BCUT2D eigenvalue weighted by Crippen LogP contribution is 2.27. The zero-order valence-corrected chi connectivity index (χ0v) is 10.8. The Labute approximate surface area is 111 Å². The van der Waals surface area contributed by atoms with E-state index in [0.29, 0.717) is 25.4 Å². The number of phenolic OH excluding ortho intramolecular Hbond substituents is 1. The Bertz CT molecular complexity index is 464. The first-order chi connectivity index (χ1) is 9.11. The third-order valence-electron chi connectivity index (χ3n) is 3.27. The van der Waals surface area contributed by atoms with Crippen molar-refractivity contribution in [1.82, 2.24) is 10.2 Å². The van der Waals surface area contributed by atoms with Gasteiger partial charge >= 0.3 is 5.97 Å². The lowest BCUT2D eigenvalue weighted by Crippen LogP contribution is -2.54. The maximum atomic E-state index is 11.2. The minimum Gasteiger partial charge on any atom is -0.504 e. The normalized spacial score (nSPS) is 20.2. The Kier molecular flexibility index (Phi) is 4.24. The van der Waals surface area contributed by atoms with E-state index < -0.39 is 12.0 Å². The van der Waals surface area contributed by atoms with Crippen molar-refractivity contribution in [3.05, 3.63) is 23.8 Å². The molecule has 0 aliphatic carbocycles. The predicted octanol–water partition coefficient (Wildman–Crippen LogP) is 0.259. The van der Waals surface area contributed by atoms with Gasteiger partial charge in [0.2, 0.25) is 0 Å². The van der Waals surface area contributed by atoms with E-state index in [1.807, 2.05) is 4.90 Å². The summed E-state index contributed by atoms with van der Waals surface area (Å²) in [5.74, 6) is -0.334. The molecule has 1 aromatic rings. The summed E-state index contributed by atoms with van der Waals surface area (Å²) in [5, 5.41) is 21.8. The van der Waals surface area contributed by atoms with E-state index >= 15 is 0 Å². The summed E-state index contributed by atoms with van der Waals surface area (Å²) in [7, 11) is 1.49. The van der Waals surface area contributed by atoms with Gasteiger partial charge in [-0.25, -0.2) is 0 Å². The van der Waals surface area contributed by atoms with E-state index in [-0.39, 0.29) is 5.75 Å². The molecule has 0 radical (unpaired) electrons. The Balaban J connectivity index is 2.12. The predicted molar refractivity (Wildman–Crippen MR) is 69.4 cm³/mol. The molecule has 1 fully saturated rings. The monoisotopic (exact) mass is 266 g/mol. The van der Waals surface area contributed by atoms with Crippen LogP contribution in [0.4, 0.5) is 0 Å². The van der Waals surface area contributed by atoms with Gasteiger partial charge in [0, 0.05) is 26.2 Å². The molecular formula is C13H18N2O4. The number of carbonyl (C=O) groups is 1. The molecule has 1 heterocycles. The summed E-state index contributed by atoms with van der Waals surface area (Å²) in [6.45, 7) is 2.43. The van der Waals surface area contributed by atoms with Gasteiger partial charge in [0.25, 0.3) is 0 Å². The van der Waals surface area contributed by atoms with Crippen LogP contribution in [-0.4, -0.2) is 53.9 Å². The largest absolute Gasteiger partial charge is 0.504 e. The Morgan fingerprint density at radius 1 is 1.58 bits per heavy atom. The van der Waals surface area contributed by atoms with E-state index in [0.717, 1.165) is 12.1 Å². The van der Waals surface area contributed by atoms with Crippen molar-refractivity contribution in [2.24, 2.45) is 0 Å². The van der Waals surface area contributed by atoms with Gasteiger partial charge in [-0.3, -0.25) is 9.69 Å². The number of phenols is 1. The van der Waals surface area contributed by atoms with Crippen molar-refractivity contribution >= 4 is 5.97 Å². The van der Waals surface area contributed by atoms with Gasteiger partial charge in [-0.2, -0.15) is 0 Å². The summed E-state index contributed by atoms with van der Waals surface area (Å²) < 4.78 is 5.05. The first kappa shape index (κ1) is 13.6. The molecule has 0 bridgehead atoms. The lowest BCUT2D eigenvalue weighted by molar-refractivity contribution is -0.144. The molecule has 2 rings (SSSR count). The molecule has 19 heavy (non-hydrogen) atoms. The highest BCUT2D eigenvalue weighted by molar-refractivity contribution is 5.74. The van der Waals surface area contributed by atoms with Crippen molar-refractivity contribution in [2.45, 2.75) is 12.6 Å². The zero-order chi connectivity index (χ0) is 13.8. The van der Waals surface area contributed by atoms with Crippen molar-refractivity contribution in [1.29, 1.82) is 0 Å². The standard InChI is InChI=1S/C13H18N2O4/c1-19-12-6-9(2-3-11(12)16)8-15-5-4-14-7-10(15)13(17)18/h2-3,6,10,14,16H,4-5,7-8H2,1H3,(H,17,18). The molecule has 0 amide bonds. The SMILES string of the molecule is COc1cc(CN2CCNCC2C(=O)O)ccc1O. The molecule has 0 saturated carbocycles. The number of rotatable bonds is 4. The fraction of sp³-hybridized carbons (Fsp3) is 0.462. The van der Waals surface area contributed by atoms with Crippen molar-refractivity contribution in [3.8, 4) is 11.5 Å². The van der Waals surface area contributed by atoms with Crippen molar-refractivity contribution < 1.29 is 19.7 Å². The van der Waals surface area contributed by atoms with Crippen LogP contribution in [-0.2, 0) is 11.3 Å². The lowest BCUT2D eigenvalue weighted by atomic mass is 10.1. The topological polar surface area (TPSA) is 82.0 Å². The van der Waals surface area contributed by atoms with Crippen LogP contribution >= 0.6 is 0 Å². The van der Waals surface area contributed by atoms with Gasteiger partial charge < -0.3 is 20.3 Å². The average Bonchev–Trinajstić information content (AvgIpc) is 2.41. The highest BCUT2D eigenvalue weighted by atomic mass is 16.5. The molecule has 1 aliphatic rings. The van der Waals surface area contributed by atoms with Gasteiger partial charge in [-0.15, -0.1) is 0 Å². The first-order valence-corrected chi connectivity index (χ1v) is 6.15. The Hall–Kier alpha value is -1.79. The second-order valence-corrected chi connectivity index (χ2v) is 4.53. The van der Waals surface area contributed by atoms with Gasteiger partial charge in [0.05, 0.1) is 7.11 Å². The molecular weight excluding hydrogens is 248 g/mol.